The molecule has 8 heteroatoms. The van der Waals surface area contributed by atoms with Crippen LogP contribution in [-0.2, 0) is 24.2 Å². The molecular weight excluding hydrogens is 360 g/mol. The summed E-state index contributed by atoms with van der Waals surface area (Å²) in [5.41, 5.74) is 2.80. The number of nitrogens with one attached hydrogen (secondary N) is 1. The van der Waals surface area contributed by atoms with Crippen LogP contribution in [0.15, 0.2) is 23.0 Å². The van der Waals surface area contributed by atoms with Gasteiger partial charge in [-0.05, 0) is 18.4 Å². The lowest BCUT2D eigenvalue weighted by molar-refractivity contribution is 0.0729. The van der Waals surface area contributed by atoms with Crippen LogP contribution in [0, 0.1) is 5.92 Å². The number of aryl methyl sites for hydroxylation is 1. The molecule has 0 radical (unpaired) electrons. The average molecular weight is 388 g/mol. The molecule has 1 N–H and O–H groups in total. The Morgan fingerprint density at radius 1 is 1.39 bits per heavy atom. The molecule has 0 aromatic carbocycles. The van der Waals surface area contributed by atoms with Gasteiger partial charge in [0.15, 0.2) is 5.69 Å². The van der Waals surface area contributed by atoms with Crippen LogP contribution < -0.4 is 5.32 Å². The van der Waals surface area contributed by atoms with Gasteiger partial charge in [-0.3, -0.25) is 14.3 Å². The number of hydrogen-bond acceptors (Lipinski definition) is 5. The van der Waals surface area contributed by atoms with Crippen LogP contribution in [0.5, 0.6) is 0 Å². The molecule has 8 nitrogen and oxygen atoms in total. The average Bonchev–Trinajstić information content (AvgIpc) is 3.33. The number of fused-ring (bicyclic) bond motifs is 1. The first kappa shape index (κ1) is 20.1. The summed E-state index contributed by atoms with van der Waals surface area (Å²) in [6, 6.07) is 1.66. The first-order valence-corrected chi connectivity index (χ1v) is 9.68. The van der Waals surface area contributed by atoms with E-state index in [-0.39, 0.29) is 11.8 Å². The summed E-state index contributed by atoms with van der Waals surface area (Å²) in [6.07, 6.45) is 4.59. The van der Waals surface area contributed by atoms with Crippen molar-refractivity contribution < 1.29 is 18.7 Å². The van der Waals surface area contributed by atoms with Crippen molar-refractivity contribution in [1.82, 2.24) is 20.0 Å². The van der Waals surface area contributed by atoms with Gasteiger partial charge in [-0.1, -0.05) is 13.8 Å². The molecule has 0 fully saturated rings. The molecule has 152 valence electrons. The lowest BCUT2D eigenvalue weighted by Crippen LogP contribution is -2.37. The highest BCUT2D eigenvalue weighted by molar-refractivity contribution is 5.96. The third-order valence-electron chi connectivity index (χ3n) is 4.91. The highest BCUT2D eigenvalue weighted by Gasteiger charge is 2.30. The summed E-state index contributed by atoms with van der Waals surface area (Å²) in [5.74, 6) is 0.218. The summed E-state index contributed by atoms with van der Waals surface area (Å²) in [4.78, 5) is 27.1. The van der Waals surface area contributed by atoms with E-state index < -0.39 is 0 Å². The van der Waals surface area contributed by atoms with Gasteiger partial charge in [-0.25, -0.2) is 0 Å². The number of rotatable bonds is 8. The largest absolute Gasteiger partial charge is 0.472 e. The van der Waals surface area contributed by atoms with E-state index in [0.29, 0.717) is 49.8 Å². The van der Waals surface area contributed by atoms with Gasteiger partial charge in [0.25, 0.3) is 11.8 Å². The van der Waals surface area contributed by atoms with Crippen molar-refractivity contribution in [3.05, 3.63) is 41.1 Å². The number of methoxy groups -OCH3 is 1. The number of carbonyl (C=O) groups is 2. The lowest BCUT2D eigenvalue weighted by Gasteiger charge is -2.27. The molecule has 1 aliphatic heterocycles. The van der Waals surface area contributed by atoms with Gasteiger partial charge < -0.3 is 19.4 Å². The van der Waals surface area contributed by atoms with Gasteiger partial charge >= 0.3 is 0 Å². The van der Waals surface area contributed by atoms with Crippen LogP contribution in [0.1, 0.15) is 52.4 Å². The monoisotopic (exact) mass is 388 g/mol. The molecule has 2 aromatic rings. The Balaban J connectivity index is 1.84. The molecule has 0 unspecified atom stereocenters. The maximum Gasteiger partial charge on any atom is 0.272 e. The molecule has 3 rings (SSSR count). The van der Waals surface area contributed by atoms with Crippen LogP contribution in [0.4, 0.5) is 0 Å². The van der Waals surface area contributed by atoms with E-state index in [9.17, 15) is 9.59 Å². The fourth-order valence-corrected chi connectivity index (χ4v) is 3.33. The topological polar surface area (TPSA) is 89.6 Å². The predicted molar refractivity (Wildman–Crippen MR) is 103 cm³/mol. The summed E-state index contributed by atoms with van der Waals surface area (Å²) in [5, 5.41) is 7.45. The van der Waals surface area contributed by atoms with Crippen LogP contribution in [0.3, 0.4) is 0 Å². The Morgan fingerprint density at radius 2 is 2.21 bits per heavy atom. The maximum absolute atomic E-state index is 12.7. The fraction of sp³-hybridized carbons (Fsp3) is 0.550. The number of nitrogens with zero attached hydrogens (tertiary/aromatic N) is 3. The molecule has 3 heterocycles. The first-order chi connectivity index (χ1) is 13.5. The van der Waals surface area contributed by atoms with E-state index in [4.69, 9.17) is 9.15 Å². The second-order valence-corrected chi connectivity index (χ2v) is 7.42. The van der Waals surface area contributed by atoms with Crippen LogP contribution >= 0.6 is 0 Å². The predicted octanol–water partition coefficient (Wildman–Crippen LogP) is 2.10. The number of amides is 2. The first-order valence-electron chi connectivity index (χ1n) is 9.68. The normalized spacial score (nSPS) is 13.6. The summed E-state index contributed by atoms with van der Waals surface area (Å²) < 4.78 is 12.0. The fourth-order valence-electron chi connectivity index (χ4n) is 3.33. The highest BCUT2D eigenvalue weighted by Crippen LogP contribution is 2.25. The molecule has 0 saturated heterocycles. The molecule has 2 aromatic heterocycles. The zero-order valence-corrected chi connectivity index (χ0v) is 16.7. The maximum atomic E-state index is 12.7. The van der Waals surface area contributed by atoms with Crippen molar-refractivity contribution >= 4 is 11.8 Å². The van der Waals surface area contributed by atoms with Gasteiger partial charge in [-0.2, -0.15) is 5.10 Å². The molecule has 0 spiro atoms. The third-order valence-corrected chi connectivity index (χ3v) is 4.91. The van der Waals surface area contributed by atoms with E-state index in [1.54, 1.807) is 18.1 Å². The zero-order valence-electron chi connectivity index (χ0n) is 16.7. The van der Waals surface area contributed by atoms with Gasteiger partial charge in [0.2, 0.25) is 0 Å². The van der Waals surface area contributed by atoms with Gasteiger partial charge in [0.05, 0.1) is 25.0 Å². The SMILES string of the molecule is COCCNC(=O)c1nn(CCC(C)C)c2c1CN(C(=O)c1ccoc1)CC2. The van der Waals surface area contributed by atoms with E-state index in [1.807, 2.05) is 4.68 Å². The summed E-state index contributed by atoms with van der Waals surface area (Å²) in [7, 11) is 1.59. The van der Waals surface area contributed by atoms with Crippen molar-refractivity contribution in [2.24, 2.45) is 5.92 Å². The Bertz CT molecular complexity index is 811. The third kappa shape index (κ3) is 4.44. The minimum atomic E-state index is -0.228. The molecular formula is C20H28N4O4. The smallest absolute Gasteiger partial charge is 0.272 e. The number of hydrogen-bond donors (Lipinski definition) is 1. The van der Waals surface area contributed by atoms with Crippen LogP contribution in [0.2, 0.25) is 0 Å². The van der Waals surface area contributed by atoms with Crippen molar-refractivity contribution in [3.8, 4) is 0 Å². The van der Waals surface area contributed by atoms with Crippen molar-refractivity contribution in [1.29, 1.82) is 0 Å². The summed E-state index contributed by atoms with van der Waals surface area (Å²) in [6.45, 7) is 6.91. The minimum Gasteiger partial charge on any atom is -0.472 e. The van der Waals surface area contributed by atoms with E-state index >= 15 is 0 Å². The van der Waals surface area contributed by atoms with Crippen molar-refractivity contribution in [2.45, 2.75) is 39.8 Å². The number of furan rings is 1. The standard InChI is InChI=1S/C20H28N4O4/c1-14(2)4-9-24-17-5-8-23(20(26)15-6-10-28-13-15)12-16(17)18(22-24)19(25)21-7-11-27-3/h6,10,13-14H,4-5,7-9,11-12H2,1-3H3,(H,21,25). The Hall–Kier alpha value is -2.61. The highest BCUT2D eigenvalue weighted by atomic mass is 16.5. The second-order valence-electron chi connectivity index (χ2n) is 7.42. The Labute approximate surface area is 164 Å². The molecule has 0 aliphatic carbocycles. The summed E-state index contributed by atoms with van der Waals surface area (Å²) >= 11 is 0. The Morgan fingerprint density at radius 3 is 2.89 bits per heavy atom. The number of carbonyl (C=O) groups excluding carboxylic acids is 2. The molecule has 1 aliphatic rings. The van der Waals surface area contributed by atoms with E-state index in [2.05, 4.69) is 24.3 Å². The Kier molecular flexibility index (Phi) is 6.51. The van der Waals surface area contributed by atoms with E-state index in [0.717, 1.165) is 24.2 Å². The minimum absolute atomic E-state index is 0.0972. The van der Waals surface area contributed by atoms with Crippen molar-refractivity contribution in [2.75, 3.05) is 26.8 Å². The quantitative estimate of drug-likeness (QED) is 0.700. The molecule has 0 bridgehead atoms. The number of aromatic nitrogens is 2. The molecule has 2 amide bonds. The molecule has 0 atom stereocenters. The van der Waals surface area contributed by atoms with Crippen LogP contribution in [-0.4, -0.2) is 53.3 Å². The second kappa shape index (κ2) is 9.05. The van der Waals surface area contributed by atoms with E-state index in [1.165, 1.54) is 12.5 Å². The zero-order chi connectivity index (χ0) is 20.1. The van der Waals surface area contributed by atoms with Crippen molar-refractivity contribution in [3.63, 3.8) is 0 Å². The number of ether oxygens (including phenoxy) is 1. The molecule has 0 saturated carbocycles. The molecule has 28 heavy (non-hydrogen) atoms. The van der Waals surface area contributed by atoms with Crippen LogP contribution in [0.25, 0.3) is 0 Å². The van der Waals surface area contributed by atoms with Gasteiger partial charge in [0, 0.05) is 44.4 Å². The van der Waals surface area contributed by atoms with Gasteiger partial charge in [-0.15, -0.1) is 0 Å². The lowest BCUT2D eigenvalue weighted by atomic mass is 10.0. The van der Waals surface area contributed by atoms with Gasteiger partial charge in [0.1, 0.15) is 6.26 Å².